The monoisotopic (exact) mass is 380 g/mol. The lowest BCUT2D eigenvalue weighted by Crippen LogP contribution is -2.16. The van der Waals surface area contributed by atoms with Gasteiger partial charge in [-0.1, -0.05) is 18.2 Å². The number of ether oxygens (including phenoxy) is 1. The SMILES string of the molecule is CCOc1ccc(NC(=O)c2cc(C)nc(NCc3ccccc3F)n2)cc1. The number of hydrogen-bond donors (Lipinski definition) is 2. The molecule has 6 nitrogen and oxygen atoms in total. The summed E-state index contributed by atoms with van der Waals surface area (Å²) in [6, 6.07) is 15.1. The molecule has 0 saturated carbocycles. The van der Waals surface area contributed by atoms with E-state index in [1.807, 2.05) is 6.92 Å². The minimum absolute atomic E-state index is 0.218. The third-order valence-corrected chi connectivity index (χ3v) is 3.90. The molecule has 0 saturated heterocycles. The molecule has 0 aliphatic heterocycles. The largest absolute Gasteiger partial charge is 0.494 e. The van der Waals surface area contributed by atoms with Gasteiger partial charge in [0.15, 0.2) is 0 Å². The van der Waals surface area contributed by atoms with E-state index in [4.69, 9.17) is 4.74 Å². The number of carbonyl (C=O) groups is 1. The second-order valence-corrected chi connectivity index (χ2v) is 6.07. The van der Waals surface area contributed by atoms with Crippen LogP contribution in [0.3, 0.4) is 0 Å². The van der Waals surface area contributed by atoms with Gasteiger partial charge in [0, 0.05) is 23.5 Å². The number of carbonyl (C=O) groups excluding carboxylic acids is 1. The van der Waals surface area contributed by atoms with Gasteiger partial charge in [-0.3, -0.25) is 4.79 Å². The van der Waals surface area contributed by atoms with E-state index in [1.165, 1.54) is 6.07 Å². The molecule has 1 amide bonds. The summed E-state index contributed by atoms with van der Waals surface area (Å²) in [5.41, 5.74) is 1.97. The summed E-state index contributed by atoms with van der Waals surface area (Å²) < 4.78 is 19.1. The molecule has 144 valence electrons. The summed E-state index contributed by atoms with van der Waals surface area (Å²) in [6.07, 6.45) is 0. The van der Waals surface area contributed by atoms with E-state index < -0.39 is 0 Å². The van der Waals surface area contributed by atoms with Gasteiger partial charge in [-0.15, -0.1) is 0 Å². The fourth-order valence-electron chi connectivity index (χ4n) is 2.58. The lowest BCUT2D eigenvalue weighted by Gasteiger charge is -2.10. The number of aromatic nitrogens is 2. The molecule has 7 heteroatoms. The first-order valence-corrected chi connectivity index (χ1v) is 8.92. The van der Waals surface area contributed by atoms with Crippen LogP contribution in [0.2, 0.25) is 0 Å². The molecule has 28 heavy (non-hydrogen) atoms. The second kappa shape index (κ2) is 8.94. The van der Waals surface area contributed by atoms with Gasteiger partial charge in [0.2, 0.25) is 5.95 Å². The zero-order chi connectivity index (χ0) is 19.9. The summed E-state index contributed by atoms with van der Waals surface area (Å²) in [6.45, 7) is 4.47. The van der Waals surface area contributed by atoms with Crippen LogP contribution < -0.4 is 15.4 Å². The van der Waals surface area contributed by atoms with Crippen LogP contribution >= 0.6 is 0 Å². The normalized spacial score (nSPS) is 10.4. The van der Waals surface area contributed by atoms with Crippen molar-refractivity contribution in [2.75, 3.05) is 17.2 Å². The molecule has 2 aromatic carbocycles. The van der Waals surface area contributed by atoms with Gasteiger partial charge in [-0.05, 0) is 50.2 Å². The van der Waals surface area contributed by atoms with Crippen molar-refractivity contribution in [2.24, 2.45) is 0 Å². The molecule has 0 fully saturated rings. The number of nitrogens with zero attached hydrogens (tertiary/aromatic N) is 2. The lowest BCUT2D eigenvalue weighted by atomic mass is 10.2. The highest BCUT2D eigenvalue weighted by Gasteiger charge is 2.12. The van der Waals surface area contributed by atoms with Crippen LogP contribution in [0, 0.1) is 12.7 Å². The molecule has 3 aromatic rings. The molecule has 3 rings (SSSR count). The highest BCUT2D eigenvalue weighted by molar-refractivity contribution is 6.03. The Morgan fingerprint density at radius 3 is 2.57 bits per heavy atom. The average Bonchev–Trinajstić information content (AvgIpc) is 2.69. The Morgan fingerprint density at radius 1 is 1.11 bits per heavy atom. The molecule has 0 aliphatic carbocycles. The molecular weight excluding hydrogens is 359 g/mol. The van der Waals surface area contributed by atoms with Gasteiger partial charge < -0.3 is 15.4 Å². The van der Waals surface area contributed by atoms with Crippen LogP contribution in [0.5, 0.6) is 5.75 Å². The first-order valence-electron chi connectivity index (χ1n) is 8.92. The Hall–Kier alpha value is -3.48. The van der Waals surface area contributed by atoms with E-state index in [2.05, 4.69) is 20.6 Å². The van der Waals surface area contributed by atoms with Crippen molar-refractivity contribution >= 4 is 17.5 Å². The first kappa shape index (κ1) is 19.3. The number of hydrogen-bond acceptors (Lipinski definition) is 5. The number of aryl methyl sites for hydroxylation is 1. The number of rotatable bonds is 7. The number of halogens is 1. The number of anilines is 2. The van der Waals surface area contributed by atoms with Crippen LogP contribution in [-0.2, 0) is 6.54 Å². The predicted octanol–water partition coefficient (Wildman–Crippen LogP) is 4.19. The summed E-state index contributed by atoms with van der Waals surface area (Å²) >= 11 is 0. The van der Waals surface area contributed by atoms with Crippen LogP contribution in [0.1, 0.15) is 28.7 Å². The molecule has 0 aliphatic rings. The molecule has 0 radical (unpaired) electrons. The van der Waals surface area contributed by atoms with E-state index in [1.54, 1.807) is 55.5 Å². The molecule has 1 aromatic heterocycles. The van der Waals surface area contributed by atoms with E-state index in [0.717, 1.165) is 5.75 Å². The summed E-state index contributed by atoms with van der Waals surface area (Å²) in [5, 5.41) is 5.76. The summed E-state index contributed by atoms with van der Waals surface area (Å²) in [4.78, 5) is 21.0. The molecule has 1 heterocycles. The second-order valence-electron chi connectivity index (χ2n) is 6.07. The minimum Gasteiger partial charge on any atom is -0.494 e. The van der Waals surface area contributed by atoms with E-state index in [-0.39, 0.29) is 29.9 Å². The van der Waals surface area contributed by atoms with E-state index in [9.17, 15) is 9.18 Å². The minimum atomic E-state index is -0.358. The molecule has 2 N–H and O–H groups in total. The molecule has 0 atom stereocenters. The van der Waals surface area contributed by atoms with Gasteiger partial charge >= 0.3 is 0 Å². The van der Waals surface area contributed by atoms with Crippen molar-refractivity contribution in [1.29, 1.82) is 0 Å². The van der Waals surface area contributed by atoms with E-state index in [0.29, 0.717) is 23.6 Å². The number of amides is 1. The average molecular weight is 380 g/mol. The fraction of sp³-hybridized carbons (Fsp3) is 0.190. The van der Waals surface area contributed by atoms with Crippen LogP contribution in [0.25, 0.3) is 0 Å². The fourth-order valence-corrected chi connectivity index (χ4v) is 2.58. The van der Waals surface area contributed by atoms with Gasteiger partial charge in [-0.25, -0.2) is 14.4 Å². The van der Waals surface area contributed by atoms with Gasteiger partial charge in [0.25, 0.3) is 5.91 Å². The Labute approximate surface area is 162 Å². The van der Waals surface area contributed by atoms with Gasteiger partial charge in [-0.2, -0.15) is 0 Å². The maximum Gasteiger partial charge on any atom is 0.274 e. The van der Waals surface area contributed by atoms with Crippen molar-refractivity contribution in [1.82, 2.24) is 9.97 Å². The third kappa shape index (κ3) is 5.03. The zero-order valence-electron chi connectivity index (χ0n) is 15.7. The maximum absolute atomic E-state index is 13.7. The van der Waals surface area contributed by atoms with Crippen molar-refractivity contribution in [3.63, 3.8) is 0 Å². The van der Waals surface area contributed by atoms with Crippen molar-refractivity contribution in [3.8, 4) is 5.75 Å². The van der Waals surface area contributed by atoms with Crippen LogP contribution in [0.15, 0.2) is 54.6 Å². The van der Waals surface area contributed by atoms with E-state index >= 15 is 0 Å². The molecule has 0 bridgehead atoms. The molecule has 0 unspecified atom stereocenters. The highest BCUT2D eigenvalue weighted by atomic mass is 19.1. The van der Waals surface area contributed by atoms with Crippen molar-refractivity contribution in [3.05, 3.63) is 77.4 Å². The zero-order valence-corrected chi connectivity index (χ0v) is 15.7. The van der Waals surface area contributed by atoms with Crippen molar-refractivity contribution < 1.29 is 13.9 Å². The maximum atomic E-state index is 13.7. The van der Waals surface area contributed by atoms with Crippen LogP contribution in [0.4, 0.5) is 16.0 Å². The lowest BCUT2D eigenvalue weighted by molar-refractivity contribution is 0.102. The quantitative estimate of drug-likeness (QED) is 0.643. The van der Waals surface area contributed by atoms with Crippen LogP contribution in [-0.4, -0.2) is 22.5 Å². The summed E-state index contributed by atoms with van der Waals surface area (Å²) in [5.74, 6) is 0.331. The predicted molar refractivity (Wildman–Crippen MR) is 106 cm³/mol. The van der Waals surface area contributed by atoms with Gasteiger partial charge in [0.05, 0.1) is 6.61 Å². The number of nitrogens with one attached hydrogen (secondary N) is 2. The standard InChI is InChI=1S/C21H21FN4O2/c1-3-28-17-10-8-16(9-11-17)25-20(27)19-12-14(2)24-21(26-19)23-13-15-6-4-5-7-18(15)22/h4-12H,3,13H2,1-2H3,(H,25,27)(H,23,24,26). The summed E-state index contributed by atoms with van der Waals surface area (Å²) in [7, 11) is 0. The van der Waals surface area contributed by atoms with Crippen molar-refractivity contribution in [2.45, 2.75) is 20.4 Å². The Balaban J connectivity index is 1.69. The van der Waals surface area contributed by atoms with Gasteiger partial charge in [0.1, 0.15) is 17.3 Å². The number of benzene rings is 2. The first-order chi connectivity index (χ1) is 13.5. The third-order valence-electron chi connectivity index (χ3n) is 3.90. The Bertz CT molecular complexity index is 961. The topological polar surface area (TPSA) is 76.1 Å². The molecule has 0 spiro atoms. The smallest absolute Gasteiger partial charge is 0.274 e. The Morgan fingerprint density at radius 2 is 1.86 bits per heavy atom. The highest BCUT2D eigenvalue weighted by Crippen LogP contribution is 2.17. The molecular formula is C21H21FN4O2. The Kier molecular flexibility index (Phi) is 6.16.